The minimum Gasteiger partial charge on any atom is -0.434 e. The molecule has 19 heavy (non-hydrogen) atoms. The first kappa shape index (κ1) is 15.2. The van der Waals surface area contributed by atoms with E-state index in [1.807, 2.05) is 13.8 Å². The van der Waals surface area contributed by atoms with Gasteiger partial charge in [0.25, 0.3) is 0 Å². The van der Waals surface area contributed by atoms with Crippen molar-refractivity contribution in [2.75, 3.05) is 7.05 Å². The largest absolute Gasteiger partial charge is 0.434 e. The number of nitrogens with zero attached hydrogens (tertiary/aromatic N) is 1. The Bertz CT molecular complexity index is 422. The summed E-state index contributed by atoms with van der Waals surface area (Å²) in [5, 5.41) is 6.15. The van der Waals surface area contributed by atoms with Gasteiger partial charge in [-0.05, 0) is 19.9 Å². The minimum absolute atomic E-state index is 0.171. The van der Waals surface area contributed by atoms with Crippen LogP contribution in [0.4, 0.5) is 8.78 Å². The summed E-state index contributed by atoms with van der Waals surface area (Å²) in [6.45, 7) is 1.51. The summed E-state index contributed by atoms with van der Waals surface area (Å²) in [7, 11) is 1.65. The summed E-state index contributed by atoms with van der Waals surface area (Å²) in [5.74, 6) is 0.784. The van der Waals surface area contributed by atoms with E-state index in [1.54, 1.807) is 25.2 Å². The predicted octanol–water partition coefficient (Wildman–Crippen LogP) is 2.36. The van der Waals surface area contributed by atoms with Crippen molar-refractivity contribution < 1.29 is 13.5 Å². The van der Waals surface area contributed by atoms with Crippen LogP contribution in [0, 0.1) is 0 Å². The third-order valence-corrected chi connectivity index (χ3v) is 2.28. The smallest absolute Gasteiger partial charge is 0.387 e. The zero-order chi connectivity index (χ0) is 14.3. The van der Waals surface area contributed by atoms with E-state index in [4.69, 9.17) is 0 Å². The van der Waals surface area contributed by atoms with Crippen LogP contribution in [-0.4, -0.2) is 25.7 Å². The maximum Gasteiger partial charge on any atom is 0.387 e. The first-order chi connectivity index (χ1) is 9.02. The topological polar surface area (TPSA) is 45.7 Å². The third-order valence-electron chi connectivity index (χ3n) is 2.28. The van der Waals surface area contributed by atoms with E-state index in [-0.39, 0.29) is 11.8 Å². The van der Waals surface area contributed by atoms with Crippen molar-refractivity contribution in [2.24, 2.45) is 4.99 Å². The Labute approximate surface area is 111 Å². The first-order valence-electron chi connectivity index (χ1n) is 6.02. The molecule has 0 amide bonds. The molecule has 1 rings (SSSR count). The van der Waals surface area contributed by atoms with Gasteiger partial charge < -0.3 is 15.4 Å². The lowest BCUT2D eigenvalue weighted by Crippen LogP contribution is -2.40. The van der Waals surface area contributed by atoms with Crippen LogP contribution in [0.3, 0.4) is 0 Å². The van der Waals surface area contributed by atoms with E-state index in [1.165, 1.54) is 6.07 Å². The first-order valence-corrected chi connectivity index (χ1v) is 6.02. The molecule has 106 valence electrons. The van der Waals surface area contributed by atoms with Crippen LogP contribution >= 0.6 is 0 Å². The molecule has 0 aliphatic carbocycles. The Morgan fingerprint density at radius 1 is 1.32 bits per heavy atom. The van der Waals surface area contributed by atoms with Crippen molar-refractivity contribution in [1.29, 1.82) is 0 Å². The van der Waals surface area contributed by atoms with E-state index in [9.17, 15) is 8.78 Å². The van der Waals surface area contributed by atoms with Crippen molar-refractivity contribution in [1.82, 2.24) is 10.6 Å². The van der Waals surface area contributed by atoms with Crippen LogP contribution < -0.4 is 15.4 Å². The lowest BCUT2D eigenvalue weighted by atomic mass is 10.2. The molecule has 1 aromatic carbocycles. The van der Waals surface area contributed by atoms with E-state index in [2.05, 4.69) is 20.4 Å². The number of hydrogen-bond donors (Lipinski definition) is 2. The highest BCUT2D eigenvalue weighted by Gasteiger charge is 2.09. The molecule has 0 spiro atoms. The quantitative estimate of drug-likeness (QED) is 0.638. The molecule has 0 atom stereocenters. The highest BCUT2D eigenvalue weighted by molar-refractivity contribution is 5.79. The average molecular weight is 271 g/mol. The normalized spacial score (nSPS) is 11.8. The molecular formula is C13H19F2N3O. The summed E-state index contributed by atoms with van der Waals surface area (Å²) >= 11 is 0. The SMILES string of the molecule is CN=C(NCc1ccccc1OC(F)F)NC(C)C. The minimum atomic E-state index is -2.82. The summed E-state index contributed by atoms with van der Waals surface area (Å²) in [6, 6.07) is 6.91. The van der Waals surface area contributed by atoms with Crippen LogP contribution in [0.2, 0.25) is 0 Å². The summed E-state index contributed by atoms with van der Waals surface area (Å²) in [6.07, 6.45) is 0. The molecule has 0 saturated heterocycles. The number of alkyl halides is 2. The number of para-hydroxylation sites is 1. The molecule has 0 aromatic heterocycles. The number of hydrogen-bond acceptors (Lipinski definition) is 2. The van der Waals surface area contributed by atoms with Gasteiger partial charge in [0.05, 0.1) is 0 Å². The van der Waals surface area contributed by atoms with Gasteiger partial charge in [-0.3, -0.25) is 4.99 Å². The second-order valence-corrected chi connectivity index (χ2v) is 4.21. The third kappa shape index (κ3) is 5.54. The molecule has 4 nitrogen and oxygen atoms in total. The molecule has 0 fully saturated rings. The predicted molar refractivity (Wildman–Crippen MR) is 71.5 cm³/mol. The Kier molecular flexibility index (Phi) is 6.05. The fourth-order valence-electron chi connectivity index (χ4n) is 1.51. The molecule has 0 unspecified atom stereocenters. The van der Waals surface area contributed by atoms with E-state index < -0.39 is 6.61 Å². The van der Waals surface area contributed by atoms with Crippen molar-refractivity contribution in [2.45, 2.75) is 33.0 Å². The number of nitrogens with one attached hydrogen (secondary N) is 2. The van der Waals surface area contributed by atoms with Crippen LogP contribution in [0.5, 0.6) is 5.75 Å². The summed E-state index contributed by atoms with van der Waals surface area (Å²) in [5.41, 5.74) is 0.648. The maximum absolute atomic E-state index is 12.3. The van der Waals surface area contributed by atoms with Gasteiger partial charge in [0, 0.05) is 25.2 Å². The van der Waals surface area contributed by atoms with Crippen LogP contribution in [0.25, 0.3) is 0 Å². The van der Waals surface area contributed by atoms with E-state index in [0.29, 0.717) is 18.1 Å². The highest BCUT2D eigenvalue weighted by Crippen LogP contribution is 2.19. The molecule has 0 heterocycles. The standard InChI is InChI=1S/C13H19F2N3O/c1-9(2)18-13(16-3)17-8-10-6-4-5-7-11(10)19-12(14)15/h4-7,9,12H,8H2,1-3H3,(H2,16,17,18). The van der Waals surface area contributed by atoms with Crippen molar-refractivity contribution in [3.8, 4) is 5.75 Å². The van der Waals surface area contributed by atoms with Crippen LogP contribution in [0.15, 0.2) is 29.3 Å². The van der Waals surface area contributed by atoms with Crippen LogP contribution in [-0.2, 0) is 6.54 Å². The number of ether oxygens (including phenoxy) is 1. The molecule has 0 aliphatic rings. The number of benzene rings is 1. The molecule has 0 radical (unpaired) electrons. The molecule has 6 heteroatoms. The monoisotopic (exact) mass is 271 g/mol. The van der Waals surface area contributed by atoms with Gasteiger partial charge in [0.15, 0.2) is 5.96 Å². The molecule has 0 saturated carbocycles. The molecule has 0 bridgehead atoms. The van der Waals surface area contributed by atoms with Gasteiger partial charge in [-0.15, -0.1) is 0 Å². The highest BCUT2D eigenvalue weighted by atomic mass is 19.3. The lowest BCUT2D eigenvalue weighted by Gasteiger charge is -2.16. The van der Waals surface area contributed by atoms with Crippen molar-refractivity contribution in [3.05, 3.63) is 29.8 Å². The zero-order valence-corrected chi connectivity index (χ0v) is 11.3. The molecule has 0 aliphatic heterocycles. The van der Waals surface area contributed by atoms with E-state index in [0.717, 1.165) is 0 Å². The lowest BCUT2D eigenvalue weighted by molar-refractivity contribution is -0.0504. The van der Waals surface area contributed by atoms with Gasteiger partial charge in [-0.2, -0.15) is 8.78 Å². The maximum atomic E-state index is 12.3. The van der Waals surface area contributed by atoms with Crippen LogP contribution in [0.1, 0.15) is 19.4 Å². The Balaban J connectivity index is 2.66. The molecule has 1 aromatic rings. The number of halogens is 2. The van der Waals surface area contributed by atoms with Crippen molar-refractivity contribution >= 4 is 5.96 Å². The number of guanidine groups is 1. The van der Waals surface area contributed by atoms with E-state index >= 15 is 0 Å². The van der Waals surface area contributed by atoms with Gasteiger partial charge in [0.2, 0.25) is 0 Å². The van der Waals surface area contributed by atoms with Gasteiger partial charge in [-0.25, -0.2) is 0 Å². The molecular weight excluding hydrogens is 252 g/mol. The molecule has 2 N–H and O–H groups in total. The summed E-state index contributed by atoms with van der Waals surface area (Å²) < 4.78 is 29.0. The Morgan fingerprint density at radius 2 is 2.00 bits per heavy atom. The Hall–Kier alpha value is -1.85. The fourth-order valence-corrected chi connectivity index (χ4v) is 1.51. The zero-order valence-electron chi connectivity index (χ0n) is 11.3. The fraction of sp³-hybridized carbons (Fsp3) is 0.462. The van der Waals surface area contributed by atoms with Gasteiger partial charge in [-0.1, -0.05) is 18.2 Å². The average Bonchev–Trinajstić information content (AvgIpc) is 2.35. The van der Waals surface area contributed by atoms with Crippen molar-refractivity contribution in [3.63, 3.8) is 0 Å². The number of aliphatic imine (C=N–C) groups is 1. The second kappa shape index (κ2) is 7.56. The summed E-state index contributed by atoms with van der Waals surface area (Å²) in [4.78, 5) is 4.04. The Morgan fingerprint density at radius 3 is 2.58 bits per heavy atom. The second-order valence-electron chi connectivity index (χ2n) is 4.21. The number of rotatable bonds is 5. The van der Waals surface area contributed by atoms with Gasteiger partial charge in [0.1, 0.15) is 5.75 Å². The van der Waals surface area contributed by atoms with Gasteiger partial charge >= 0.3 is 6.61 Å².